The highest BCUT2D eigenvalue weighted by Crippen LogP contribution is 2.34. The molecule has 35 heavy (non-hydrogen) atoms. The average Bonchev–Trinajstić information content (AvgIpc) is 3.20. The Hall–Kier alpha value is -3.89. The number of alkyl halides is 6. The first kappa shape index (κ1) is 24.2. The van der Waals surface area contributed by atoms with E-state index in [0.717, 1.165) is 6.07 Å². The van der Waals surface area contributed by atoms with Crippen molar-refractivity contribution in [3.63, 3.8) is 0 Å². The lowest BCUT2D eigenvalue weighted by atomic mass is 10.0. The predicted molar refractivity (Wildman–Crippen MR) is 117 cm³/mol. The molecule has 1 aromatic carbocycles. The zero-order valence-electron chi connectivity index (χ0n) is 18.0. The van der Waals surface area contributed by atoms with Crippen LogP contribution < -0.4 is 5.73 Å². The molecule has 5 nitrogen and oxygen atoms in total. The summed E-state index contributed by atoms with van der Waals surface area (Å²) in [6.07, 6.45) is -7.58. The molecule has 0 aliphatic heterocycles. The number of imidazole rings is 1. The Morgan fingerprint density at radius 1 is 0.971 bits per heavy atom. The van der Waals surface area contributed by atoms with Gasteiger partial charge in [-0.05, 0) is 35.9 Å². The molecule has 0 saturated carbocycles. The van der Waals surface area contributed by atoms with Crippen molar-refractivity contribution in [2.75, 3.05) is 5.73 Å². The van der Waals surface area contributed by atoms with E-state index < -0.39 is 42.4 Å². The molecule has 4 rings (SSSR count). The van der Waals surface area contributed by atoms with Crippen LogP contribution in [0, 0.1) is 0 Å². The van der Waals surface area contributed by atoms with Crippen molar-refractivity contribution in [1.29, 1.82) is 0 Å². The molecule has 3 heterocycles. The maximum Gasteiger partial charge on any atom is 0.419 e. The molecule has 3 aromatic heterocycles. The largest absolute Gasteiger partial charge is 0.419 e. The third-order valence-electron chi connectivity index (χ3n) is 5.35. The summed E-state index contributed by atoms with van der Waals surface area (Å²) in [6, 6.07) is 12.2. The van der Waals surface area contributed by atoms with Crippen molar-refractivity contribution in [1.82, 2.24) is 14.4 Å². The Morgan fingerprint density at radius 2 is 1.74 bits per heavy atom. The van der Waals surface area contributed by atoms with Gasteiger partial charge in [0.15, 0.2) is 0 Å². The van der Waals surface area contributed by atoms with Crippen molar-refractivity contribution >= 4 is 17.2 Å². The second-order valence-electron chi connectivity index (χ2n) is 7.95. The van der Waals surface area contributed by atoms with Crippen molar-refractivity contribution in [3.8, 4) is 22.5 Å². The molecule has 0 bridgehead atoms. The lowest BCUT2D eigenvalue weighted by Crippen LogP contribution is -2.12. The summed E-state index contributed by atoms with van der Waals surface area (Å²) in [4.78, 5) is 20.2. The number of ketones is 1. The number of hydrogen-bond acceptors (Lipinski definition) is 4. The number of pyridine rings is 2. The van der Waals surface area contributed by atoms with Crippen LogP contribution in [0.1, 0.15) is 24.0 Å². The number of nitrogen functional groups attached to an aromatic ring is 1. The number of aromatic nitrogens is 3. The van der Waals surface area contributed by atoms with E-state index in [-0.39, 0.29) is 12.1 Å². The van der Waals surface area contributed by atoms with Gasteiger partial charge >= 0.3 is 12.4 Å². The molecule has 0 aliphatic carbocycles. The van der Waals surface area contributed by atoms with E-state index in [9.17, 15) is 31.1 Å². The normalized spacial score (nSPS) is 12.3. The van der Waals surface area contributed by atoms with Gasteiger partial charge in [0.05, 0.1) is 29.6 Å². The van der Waals surface area contributed by atoms with E-state index in [0.29, 0.717) is 28.0 Å². The zero-order chi connectivity index (χ0) is 25.4. The van der Waals surface area contributed by atoms with Gasteiger partial charge in [-0.1, -0.05) is 18.2 Å². The number of halogens is 6. The lowest BCUT2D eigenvalue weighted by Gasteiger charge is -2.11. The Kier molecular flexibility index (Phi) is 6.27. The second kappa shape index (κ2) is 9.05. The molecule has 0 aliphatic rings. The molecule has 4 aromatic rings. The van der Waals surface area contributed by atoms with Crippen molar-refractivity contribution in [2.45, 2.75) is 31.6 Å². The van der Waals surface area contributed by atoms with Gasteiger partial charge in [0.25, 0.3) is 0 Å². The summed E-state index contributed by atoms with van der Waals surface area (Å²) in [7, 11) is 0. The van der Waals surface area contributed by atoms with Gasteiger partial charge in [0.2, 0.25) is 0 Å². The molecule has 0 spiro atoms. The van der Waals surface area contributed by atoms with Gasteiger partial charge < -0.3 is 5.73 Å². The standard InChI is InChI=1S/C24H18F6N4O/c25-23(26,27)8-6-17(35)11-14-2-1-3-16(10-14)20-13-32-21-12-15(7-9-34(20)21)19-5-4-18(22(31)33-19)24(28,29)30/h1-5,7,9-10,12-13H,6,8,11H2,(H2,31,33). The smallest absolute Gasteiger partial charge is 0.383 e. The summed E-state index contributed by atoms with van der Waals surface area (Å²) in [5, 5.41) is 0. The predicted octanol–water partition coefficient (Wildman–Crippen LogP) is 6.12. The number of carbonyl (C=O) groups excluding carboxylic acids is 1. The molecule has 0 unspecified atom stereocenters. The first-order valence-electron chi connectivity index (χ1n) is 10.4. The molecule has 182 valence electrons. The lowest BCUT2D eigenvalue weighted by molar-refractivity contribution is -0.143. The van der Waals surface area contributed by atoms with Crippen LogP contribution in [0.15, 0.2) is 60.9 Å². The number of rotatable bonds is 6. The number of fused-ring (bicyclic) bond motifs is 1. The van der Waals surface area contributed by atoms with Gasteiger partial charge in [0.1, 0.15) is 17.2 Å². The fourth-order valence-corrected chi connectivity index (χ4v) is 3.67. The van der Waals surface area contributed by atoms with E-state index in [4.69, 9.17) is 5.73 Å². The molecular weight excluding hydrogens is 474 g/mol. The van der Waals surface area contributed by atoms with Gasteiger partial charge in [-0.3, -0.25) is 9.20 Å². The highest BCUT2D eigenvalue weighted by molar-refractivity contribution is 5.81. The van der Waals surface area contributed by atoms with Gasteiger partial charge in [-0.2, -0.15) is 26.3 Å². The fraction of sp³-hybridized carbons (Fsp3) is 0.208. The molecule has 0 saturated heterocycles. The summed E-state index contributed by atoms with van der Waals surface area (Å²) < 4.78 is 77.6. The molecule has 0 radical (unpaired) electrons. The number of Topliss-reactive ketones (excluding diaryl/α,β-unsaturated/α-hetero) is 1. The number of nitrogens with two attached hydrogens (primary N) is 1. The highest BCUT2D eigenvalue weighted by atomic mass is 19.4. The van der Waals surface area contributed by atoms with Crippen LogP contribution in [-0.2, 0) is 17.4 Å². The van der Waals surface area contributed by atoms with E-state index in [1.807, 2.05) is 0 Å². The van der Waals surface area contributed by atoms with E-state index in [1.165, 1.54) is 6.07 Å². The summed E-state index contributed by atoms with van der Waals surface area (Å²) in [6.45, 7) is 0. The van der Waals surface area contributed by atoms with Gasteiger partial charge in [0, 0.05) is 30.2 Å². The van der Waals surface area contributed by atoms with Crippen LogP contribution in [0.2, 0.25) is 0 Å². The maximum atomic E-state index is 12.9. The fourth-order valence-electron chi connectivity index (χ4n) is 3.67. The third-order valence-corrected chi connectivity index (χ3v) is 5.35. The summed E-state index contributed by atoms with van der Waals surface area (Å²) in [5.74, 6) is -1.13. The van der Waals surface area contributed by atoms with Crippen molar-refractivity contribution < 1.29 is 31.1 Å². The number of nitrogens with zero attached hydrogens (tertiary/aromatic N) is 3. The molecule has 11 heteroatoms. The monoisotopic (exact) mass is 492 g/mol. The second-order valence-corrected chi connectivity index (χ2v) is 7.95. The Balaban J connectivity index is 1.58. The maximum absolute atomic E-state index is 12.9. The SMILES string of the molecule is Nc1nc(-c2ccn3c(-c4cccc(CC(=O)CCC(F)(F)F)c4)cnc3c2)ccc1C(F)(F)F. The van der Waals surface area contributed by atoms with Gasteiger partial charge in [-0.25, -0.2) is 9.97 Å². The van der Waals surface area contributed by atoms with Crippen molar-refractivity contribution in [3.05, 3.63) is 72.1 Å². The number of carbonyl (C=O) groups is 1. The number of hydrogen-bond donors (Lipinski definition) is 1. The highest BCUT2D eigenvalue weighted by Gasteiger charge is 2.33. The van der Waals surface area contributed by atoms with Crippen molar-refractivity contribution in [2.24, 2.45) is 0 Å². The van der Waals surface area contributed by atoms with Crippen LogP contribution in [0.5, 0.6) is 0 Å². The Labute approximate surface area is 195 Å². The summed E-state index contributed by atoms with van der Waals surface area (Å²) >= 11 is 0. The minimum Gasteiger partial charge on any atom is -0.383 e. The zero-order valence-corrected chi connectivity index (χ0v) is 18.0. The quantitative estimate of drug-likeness (QED) is 0.329. The van der Waals surface area contributed by atoms with E-state index >= 15 is 0 Å². The minimum atomic E-state index is -4.60. The van der Waals surface area contributed by atoms with Crippen LogP contribution in [-0.4, -0.2) is 26.3 Å². The van der Waals surface area contributed by atoms with E-state index in [1.54, 1.807) is 53.2 Å². The topological polar surface area (TPSA) is 73.3 Å². The van der Waals surface area contributed by atoms with Crippen LogP contribution in [0.3, 0.4) is 0 Å². The Morgan fingerprint density at radius 3 is 2.43 bits per heavy atom. The minimum absolute atomic E-state index is 0.119. The van der Waals surface area contributed by atoms with Crippen LogP contribution >= 0.6 is 0 Å². The van der Waals surface area contributed by atoms with Crippen LogP contribution in [0.25, 0.3) is 28.2 Å². The van der Waals surface area contributed by atoms with E-state index in [2.05, 4.69) is 9.97 Å². The average molecular weight is 492 g/mol. The molecule has 2 N–H and O–H groups in total. The Bertz CT molecular complexity index is 1390. The summed E-state index contributed by atoms with van der Waals surface area (Å²) in [5.41, 5.74) is 7.67. The number of anilines is 1. The third kappa shape index (κ3) is 5.61. The molecular formula is C24H18F6N4O. The first-order valence-corrected chi connectivity index (χ1v) is 10.4. The first-order chi connectivity index (χ1) is 16.4. The van der Waals surface area contributed by atoms with Gasteiger partial charge in [-0.15, -0.1) is 0 Å². The van der Waals surface area contributed by atoms with Crippen LogP contribution in [0.4, 0.5) is 32.2 Å². The molecule has 0 fully saturated rings. The molecule has 0 atom stereocenters. The number of benzene rings is 1. The molecule has 0 amide bonds.